The number of nitrogens with zero attached hydrogens (tertiary/aromatic N) is 3. The van der Waals surface area contributed by atoms with Crippen molar-refractivity contribution >= 4 is 29.3 Å². The number of carbonyl (C=O) groups is 2. The number of hydrogen-bond acceptors (Lipinski definition) is 5. The van der Waals surface area contributed by atoms with E-state index in [2.05, 4.69) is 15.2 Å². The highest BCUT2D eigenvalue weighted by Crippen LogP contribution is 2.18. The monoisotopic (exact) mass is 412 g/mol. The fourth-order valence-corrected chi connectivity index (χ4v) is 4.13. The summed E-state index contributed by atoms with van der Waals surface area (Å²) in [5, 5.41) is 3.01. The summed E-state index contributed by atoms with van der Waals surface area (Å²) >= 11 is 1.61. The number of rotatable bonds is 7. The lowest BCUT2D eigenvalue weighted by molar-refractivity contribution is -0.130. The molecule has 3 rings (SSSR count). The van der Waals surface area contributed by atoms with Gasteiger partial charge in [0.25, 0.3) is 0 Å². The van der Waals surface area contributed by atoms with Gasteiger partial charge in [0.1, 0.15) is 0 Å². The van der Waals surface area contributed by atoms with Gasteiger partial charge < -0.3 is 10.2 Å². The minimum absolute atomic E-state index is 0.00879. The zero-order chi connectivity index (χ0) is 20.6. The molecule has 29 heavy (non-hydrogen) atoms. The van der Waals surface area contributed by atoms with E-state index in [1.807, 2.05) is 55.3 Å². The van der Waals surface area contributed by atoms with E-state index in [4.69, 9.17) is 0 Å². The highest BCUT2D eigenvalue weighted by atomic mass is 32.2. The highest BCUT2D eigenvalue weighted by Gasteiger charge is 2.22. The number of aryl methyl sites for hydroxylation is 1. The topological polar surface area (TPSA) is 65.5 Å². The highest BCUT2D eigenvalue weighted by molar-refractivity contribution is 7.99. The molecule has 6 nitrogen and oxygen atoms in total. The molecule has 1 aliphatic heterocycles. The SMILES string of the molecule is Cc1cccc(NC(=O)CN2CCN(C(=O)CSCc3cccnc3)CC2)c1C. The zero-order valence-corrected chi connectivity index (χ0v) is 17.9. The van der Waals surface area contributed by atoms with Crippen LogP contribution < -0.4 is 5.32 Å². The van der Waals surface area contributed by atoms with Crippen molar-refractivity contribution in [3.8, 4) is 0 Å². The van der Waals surface area contributed by atoms with Crippen molar-refractivity contribution in [1.82, 2.24) is 14.8 Å². The van der Waals surface area contributed by atoms with E-state index in [0.717, 1.165) is 41.2 Å². The van der Waals surface area contributed by atoms with Crippen LogP contribution in [-0.4, -0.2) is 65.1 Å². The number of benzene rings is 1. The van der Waals surface area contributed by atoms with Gasteiger partial charge in [0.05, 0.1) is 12.3 Å². The molecule has 0 aliphatic carbocycles. The molecule has 0 bridgehead atoms. The van der Waals surface area contributed by atoms with Crippen LogP contribution in [0, 0.1) is 13.8 Å². The van der Waals surface area contributed by atoms with Gasteiger partial charge in [0.15, 0.2) is 0 Å². The summed E-state index contributed by atoms with van der Waals surface area (Å²) in [5.41, 5.74) is 4.26. The Morgan fingerprint density at radius 3 is 2.62 bits per heavy atom. The first-order valence-corrected chi connectivity index (χ1v) is 11.0. The zero-order valence-electron chi connectivity index (χ0n) is 17.1. The summed E-state index contributed by atoms with van der Waals surface area (Å²) in [5.74, 6) is 1.42. The lowest BCUT2D eigenvalue weighted by Gasteiger charge is -2.34. The molecule has 1 N–H and O–H groups in total. The molecule has 0 spiro atoms. The summed E-state index contributed by atoms with van der Waals surface area (Å²) in [6.45, 7) is 7.19. The summed E-state index contributed by atoms with van der Waals surface area (Å²) in [6.07, 6.45) is 3.58. The Kier molecular flexibility index (Phi) is 7.66. The van der Waals surface area contributed by atoms with E-state index >= 15 is 0 Å². The van der Waals surface area contributed by atoms with Crippen LogP contribution >= 0.6 is 11.8 Å². The van der Waals surface area contributed by atoms with Crippen molar-refractivity contribution in [2.45, 2.75) is 19.6 Å². The maximum Gasteiger partial charge on any atom is 0.238 e. The number of pyridine rings is 1. The van der Waals surface area contributed by atoms with Gasteiger partial charge in [-0.15, -0.1) is 11.8 Å². The smallest absolute Gasteiger partial charge is 0.238 e. The van der Waals surface area contributed by atoms with Crippen LogP contribution in [0.5, 0.6) is 0 Å². The van der Waals surface area contributed by atoms with Gasteiger partial charge in [-0.3, -0.25) is 19.5 Å². The third-order valence-electron chi connectivity index (χ3n) is 5.19. The fourth-order valence-electron chi connectivity index (χ4n) is 3.27. The molecule has 154 valence electrons. The number of carbonyl (C=O) groups excluding carboxylic acids is 2. The standard InChI is InChI=1S/C22H28N4O2S/c1-17-5-3-7-20(18(17)2)24-21(27)14-25-9-11-26(12-10-25)22(28)16-29-15-19-6-4-8-23-13-19/h3-8,13H,9-12,14-16H2,1-2H3,(H,24,27). The first-order chi connectivity index (χ1) is 14.0. The first-order valence-electron chi connectivity index (χ1n) is 9.86. The normalized spacial score (nSPS) is 14.6. The van der Waals surface area contributed by atoms with Crippen molar-refractivity contribution in [2.24, 2.45) is 0 Å². The van der Waals surface area contributed by atoms with Gasteiger partial charge >= 0.3 is 0 Å². The van der Waals surface area contributed by atoms with E-state index in [1.165, 1.54) is 0 Å². The van der Waals surface area contributed by atoms with Crippen molar-refractivity contribution in [2.75, 3.05) is 43.8 Å². The van der Waals surface area contributed by atoms with Crippen molar-refractivity contribution in [3.63, 3.8) is 0 Å². The maximum atomic E-state index is 12.4. The lowest BCUT2D eigenvalue weighted by atomic mass is 10.1. The molecular formula is C22H28N4O2S. The third-order valence-corrected chi connectivity index (χ3v) is 6.18. The third kappa shape index (κ3) is 6.30. The summed E-state index contributed by atoms with van der Waals surface area (Å²) < 4.78 is 0. The van der Waals surface area contributed by atoms with Crippen LogP contribution in [0.3, 0.4) is 0 Å². The number of aromatic nitrogens is 1. The predicted octanol–water partition coefficient (Wildman–Crippen LogP) is 2.71. The van der Waals surface area contributed by atoms with Crippen LogP contribution in [-0.2, 0) is 15.3 Å². The molecule has 1 fully saturated rings. The largest absolute Gasteiger partial charge is 0.339 e. The van der Waals surface area contributed by atoms with E-state index in [9.17, 15) is 9.59 Å². The molecule has 0 atom stereocenters. The number of thioether (sulfide) groups is 1. The Hall–Kier alpha value is -2.38. The molecule has 2 heterocycles. The minimum atomic E-state index is -0.00879. The van der Waals surface area contributed by atoms with Gasteiger partial charge in [0, 0.05) is 50.0 Å². The first kappa shape index (κ1) is 21.3. The lowest BCUT2D eigenvalue weighted by Crippen LogP contribution is -2.50. The Labute approximate surface area is 176 Å². The van der Waals surface area contributed by atoms with E-state index in [-0.39, 0.29) is 11.8 Å². The summed E-state index contributed by atoms with van der Waals surface area (Å²) in [4.78, 5) is 32.9. The van der Waals surface area contributed by atoms with Crippen molar-refractivity contribution in [3.05, 3.63) is 59.4 Å². The number of nitrogens with one attached hydrogen (secondary N) is 1. The molecule has 7 heteroatoms. The van der Waals surface area contributed by atoms with Crippen LogP contribution in [0.25, 0.3) is 0 Å². The van der Waals surface area contributed by atoms with E-state index < -0.39 is 0 Å². The van der Waals surface area contributed by atoms with Gasteiger partial charge in [-0.2, -0.15) is 0 Å². The molecule has 2 amide bonds. The molecule has 0 radical (unpaired) electrons. The van der Waals surface area contributed by atoms with Crippen LogP contribution in [0.2, 0.25) is 0 Å². The average Bonchev–Trinajstić information content (AvgIpc) is 2.72. The van der Waals surface area contributed by atoms with E-state index in [1.54, 1.807) is 18.0 Å². The second kappa shape index (κ2) is 10.4. The van der Waals surface area contributed by atoms with Crippen LogP contribution in [0.4, 0.5) is 5.69 Å². The van der Waals surface area contributed by atoms with Gasteiger partial charge in [0.2, 0.25) is 11.8 Å². The number of amides is 2. The van der Waals surface area contributed by atoms with E-state index in [0.29, 0.717) is 25.4 Å². The average molecular weight is 413 g/mol. The maximum absolute atomic E-state index is 12.4. The predicted molar refractivity (Wildman–Crippen MR) is 118 cm³/mol. The number of piperazine rings is 1. The van der Waals surface area contributed by atoms with Crippen molar-refractivity contribution < 1.29 is 9.59 Å². The Balaban J connectivity index is 1.37. The van der Waals surface area contributed by atoms with Gasteiger partial charge in [-0.1, -0.05) is 18.2 Å². The molecule has 1 aromatic heterocycles. The number of hydrogen-bond donors (Lipinski definition) is 1. The van der Waals surface area contributed by atoms with Crippen LogP contribution in [0.15, 0.2) is 42.7 Å². The second-order valence-electron chi connectivity index (χ2n) is 7.31. The number of anilines is 1. The second-order valence-corrected chi connectivity index (χ2v) is 8.29. The quantitative estimate of drug-likeness (QED) is 0.758. The van der Waals surface area contributed by atoms with Crippen molar-refractivity contribution in [1.29, 1.82) is 0 Å². The molecule has 2 aromatic rings. The van der Waals surface area contributed by atoms with Gasteiger partial charge in [-0.25, -0.2) is 0 Å². The molecule has 1 aliphatic rings. The molecule has 1 saturated heterocycles. The molecule has 1 aromatic carbocycles. The summed E-state index contributed by atoms with van der Waals surface area (Å²) in [7, 11) is 0. The Morgan fingerprint density at radius 1 is 1.10 bits per heavy atom. The fraction of sp³-hybridized carbons (Fsp3) is 0.409. The summed E-state index contributed by atoms with van der Waals surface area (Å²) in [6, 6.07) is 9.85. The molecule has 0 unspecified atom stereocenters. The minimum Gasteiger partial charge on any atom is -0.339 e. The molecular weight excluding hydrogens is 384 g/mol. The van der Waals surface area contributed by atoms with Gasteiger partial charge in [-0.05, 0) is 42.7 Å². The Bertz CT molecular complexity index is 836. The van der Waals surface area contributed by atoms with Crippen LogP contribution in [0.1, 0.15) is 16.7 Å². The Morgan fingerprint density at radius 2 is 1.90 bits per heavy atom. The molecule has 0 saturated carbocycles.